The number of nitrogens with one attached hydrogen (secondary N) is 1. The summed E-state index contributed by atoms with van der Waals surface area (Å²) in [6.07, 6.45) is 1.28. The first-order valence-electron chi connectivity index (χ1n) is 5.74. The number of aromatic nitrogens is 2. The number of hydrogen-bond donors (Lipinski definition) is 1. The van der Waals surface area contributed by atoms with Gasteiger partial charge in [-0.1, -0.05) is 11.6 Å². The Labute approximate surface area is 114 Å². The molecule has 1 aliphatic rings. The van der Waals surface area contributed by atoms with Crippen molar-refractivity contribution < 1.29 is 14.3 Å². The van der Waals surface area contributed by atoms with E-state index in [1.54, 1.807) is 0 Å². The van der Waals surface area contributed by atoms with Crippen LogP contribution < -0.4 is 10.1 Å². The predicted molar refractivity (Wildman–Crippen MR) is 68.0 cm³/mol. The number of ether oxygens (including phenoxy) is 1. The molecule has 0 atom stereocenters. The van der Waals surface area contributed by atoms with E-state index in [-0.39, 0.29) is 35.3 Å². The molecule has 0 spiro atoms. The molecule has 1 aromatic rings. The lowest BCUT2D eigenvalue weighted by Crippen LogP contribution is -2.34. The molecule has 2 amide bonds. The van der Waals surface area contributed by atoms with Crippen LogP contribution >= 0.6 is 11.6 Å². The summed E-state index contributed by atoms with van der Waals surface area (Å²) in [7, 11) is 1.44. The molecule has 2 heterocycles. The fourth-order valence-corrected chi connectivity index (χ4v) is 1.94. The second-order valence-electron chi connectivity index (χ2n) is 4.02. The highest BCUT2D eigenvalue weighted by molar-refractivity contribution is 6.29. The number of carbonyl (C=O) groups is 2. The van der Waals surface area contributed by atoms with Gasteiger partial charge in [0.25, 0.3) is 0 Å². The Bertz CT molecular complexity index is 509. The molecule has 1 N–H and O–H groups in total. The minimum Gasteiger partial charge on any atom is -0.481 e. The molecular weight excluding hydrogens is 272 g/mol. The van der Waals surface area contributed by atoms with Crippen molar-refractivity contribution in [3.05, 3.63) is 11.2 Å². The van der Waals surface area contributed by atoms with Crippen molar-refractivity contribution in [1.82, 2.24) is 14.9 Å². The maximum absolute atomic E-state index is 11.8. The van der Waals surface area contributed by atoms with Gasteiger partial charge in [-0.3, -0.25) is 14.9 Å². The van der Waals surface area contributed by atoms with E-state index in [9.17, 15) is 9.59 Å². The van der Waals surface area contributed by atoms with Gasteiger partial charge in [0, 0.05) is 19.0 Å². The van der Waals surface area contributed by atoms with Crippen LogP contribution in [0.2, 0.25) is 5.15 Å². The van der Waals surface area contributed by atoms with Crippen LogP contribution in [0.15, 0.2) is 6.07 Å². The number of methoxy groups -OCH3 is 1. The van der Waals surface area contributed by atoms with Crippen LogP contribution in [0.1, 0.15) is 12.8 Å². The molecule has 1 fully saturated rings. The number of rotatable bonds is 4. The second kappa shape index (κ2) is 5.83. The molecular formula is C11H13ClN4O3. The maximum Gasteiger partial charge on any atom is 0.246 e. The SMILES string of the molecule is COc1cc(Cl)nc(NC(=O)CN2CCCC2=O)n1. The van der Waals surface area contributed by atoms with Crippen molar-refractivity contribution in [1.29, 1.82) is 0 Å². The van der Waals surface area contributed by atoms with Gasteiger partial charge >= 0.3 is 0 Å². The number of anilines is 1. The van der Waals surface area contributed by atoms with Gasteiger partial charge in [-0.25, -0.2) is 4.98 Å². The Morgan fingerprint density at radius 3 is 3.00 bits per heavy atom. The Morgan fingerprint density at radius 2 is 2.37 bits per heavy atom. The smallest absolute Gasteiger partial charge is 0.246 e. The van der Waals surface area contributed by atoms with Gasteiger partial charge in [-0.2, -0.15) is 4.98 Å². The summed E-state index contributed by atoms with van der Waals surface area (Å²) >= 11 is 5.76. The molecule has 1 aromatic heterocycles. The first-order chi connectivity index (χ1) is 9.08. The average Bonchev–Trinajstić information content (AvgIpc) is 2.74. The number of halogens is 1. The quantitative estimate of drug-likeness (QED) is 0.823. The third-order valence-electron chi connectivity index (χ3n) is 2.64. The first kappa shape index (κ1) is 13.5. The average molecular weight is 285 g/mol. The van der Waals surface area contributed by atoms with Crippen molar-refractivity contribution in [3.63, 3.8) is 0 Å². The summed E-state index contributed by atoms with van der Waals surface area (Å²) in [5.41, 5.74) is 0. The molecule has 0 aromatic carbocycles. The normalized spacial score (nSPS) is 14.6. The van der Waals surface area contributed by atoms with Gasteiger partial charge in [0.1, 0.15) is 5.15 Å². The second-order valence-corrected chi connectivity index (χ2v) is 4.41. The molecule has 19 heavy (non-hydrogen) atoms. The Balaban J connectivity index is 1.98. The van der Waals surface area contributed by atoms with E-state index in [0.717, 1.165) is 6.42 Å². The first-order valence-corrected chi connectivity index (χ1v) is 6.12. The van der Waals surface area contributed by atoms with Crippen molar-refractivity contribution in [3.8, 4) is 5.88 Å². The van der Waals surface area contributed by atoms with E-state index < -0.39 is 0 Å². The van der Waals surface area contributed by atoms with Gasteiger partial charge in [0.2, 0.25) is 23.6 Å². The third kappa shape index (κ3) is 3.54. The zero-order valence-electron chi connectivity index (χ0n) is 10.4. The summed E-state index contributed by atoms with van der Waals surface area (Å²) < 4.78 is 4.92. The van der Waals surface area contributed by atoms with Crippen molar-refractivity contribution in [2.75, 3.05) is 25.5 Å². The lowest BCUT2D eigenvalue weighted by atomic mass is 10.4. The summed E-state index contributed by atoms with van der Waals surface area (Å²) in [6.45, 7) is 0.600. The van der Waals surface area contributed by atoms with Crippen LogP contribution in [0, 0.1) is 0 Å². The molecule has 0 radical (unpaired) electrons. The summed E-state index contributed by atoms with van der Waals surface area (Å²) in [5.74, 6) is -0.0622. The predicted octanol–water partition coefficient (Wildman–Crippen LogP) is 0.699. The monoisotopic (exact) mass is 284 g/mol. The molecule has 0 saturated carbocycles. The van der Waals surface area contributed by atoms with Crippen LogP contribution in [0.25, 0.3) is 0 Å². The lowest BCUT2D eigenvalue weighted by molar-refractivity contribution is -0.131. The molecule has 8 heteroatoms. The zero-order valence-corrected chi connectivity index (χ0v) is 11.1. The number of nitrogens with zero attached hydrogens (tertiary/aromatic N) is 3. The summed E-state index contributed by atoms with van der Waals surface area (Å²) in [6, 6.07) is 1.43. The fraction of sp³-hybridized carbons (Fsp3) is 0.455. The van der Waals surface area contributed by atoms with E-state index in [4.69, 9.17) is 16.3 Å². The number of hydrogen-bond acceptors (Lipinski definition) is 5. The van der Waals surface area contributed by atoms with Crippen LogP contribution in [0.4, 0.5) is 5.95 Å². The van der Waals surface area contributed by atoms with Crippen LogP contribution in [-0.2, 0) is 9.59 Å². The molecule has 102 valence electrons. The fourth-order valence-electron chi connectivity index (χ4n) is 1.77. The van der Waals surface area contributed by atoms with Crippen molar-refractivity contribution in [2.45, 2.75) is 12.8 Å². The summed E-state index contributed by atoms with van der Waals surface area (Å²) in [5, 5.41) is 2.65. The molecule has 0 unspecified atom stereocenters. The maximum atomic E-state index is 11.8. The highest BCUT2D eigenvalue weighted by Crippen LogP contribution is 2.16. The molecule has 0 aliphatic carbocycles. The molecule has 1 saturated heterocycles. The van der Waals surface area contributed by atoms with E-state index >= 15 is 0 Å². The minimum atomic E-state index is -0.362. The number of carbonyl (C=O) groups excluding carboxylic acids is 2. The lowest BCUT2D eigenvalue weighted by Gasteiger charge is -2.14. The third-order valence-corrected chi connectivity index (χ3v) is 2.83. The highest BCUT2D eigenvalue weighted by atomic mass is 35.5. The minimum absolute atomic E-state index is 0.00295. The van der Waals surface area contributed by atoms with E-state index in [0.29, 0.717) is 13.0 Å². The van der Waals surface area contributed by atoms with Gasteiger partial charge in [-0.15, -0.1) is 0 Å². The number of likely N-dealkylation sites (tertiary alicyclic amines) is 1. The molecule has 7 nitrogen and oxygen atoms in total. The molecule has 1 aliphatic heterocycles. The topological polar surface area (TPSA) is 84.4 Å². The Kier molecular flexibility index (Phi) is 4.16. The van der Waals surface area contributed by atoms with Gasteiger partial charge in [-0.05, 0) is 6.42 Å². The Morgan fingerprint density at radius 1 is 1.58 bits per heavy atom. The van der Waals surface area contributed by atoms with E-state index in [1.165, 1.54) is 18.1 Å². The van der Waals surface area contributed by atoms with E-state index in [1.807, 2.05) is 0 Å². The van der Waals surface area contributed by atoms with Crippen LogP contribution in [0.5, 0.6) is 5.88 Å². The van der Waals surface area contributed by atoms with Crippen molar-refractivity contribution in [2.24, 2.45) is 0 Å². The van der Waals surface area contributed by atoms with Gasteiger partial charge < -0.3 is 9.64 Å². The van der Waals surface area contributed by atoms with E-state index in [2.05, 4.69) is 15.3 Å². The summed E-state index contributed by atoms with van der Waals surface area (Å²) in [4.78, 5) is 32.4. The molecule has 2 rings (SSSR count). The zero-order chi connectivity index (χ0) is 13.8. The van der Waals surface area contributed by atoms with Gasteiger partial charge in [0.05, 0.1) is 13.7 Å². The Hall–Kier alpha value is -1.89. The highest BCUT2D eigenvalue weighted by Gasteiger charge is 2.22. The molecule has 0 bridgehead atoms. The standard InChI is InChI=1S/C11H13ClN4O3/c1-19-9-5-7(12)13-11(15-9)14-8(17)6-16-4-2-3-10(16)18/h5H,2-4,6H2,1H3,(H,13,14,15,17). The number of amides is 2. The van der Waals surface area contributed by atoms with Crippen molar-refractivity contribution >= 4 is 29.4 Å². The largest absolute Gasteiger partial charge is 0.481 e. The van der Waals surface area contributed by atoms with Gasteiger partial charge in [0.15, 0.2) is 0 Å². The van der Waals surface area contributed by atoms with Crippen LogP contribution in [0.3, 0.4) is 0 Å². The van der Waals surface area contributed by atoms with Crippen LogP contribution in [-0.4, -0.2) is 46.9 Å².